The van der Waals surface area contributed by atoms with Gasteiger partial charge in [-0.1, -0.05) is 17.7 Å². The van der Waals surface area contributed by atoms with Crippen LogP contribution in [0.15, 0.2) is 34.8 Å². The smallest absolute Gasteiger partial charge is 0.133 e. The lowest BCUT2D eigenvalue weighted by Gasteiger charge is -2.13. The second kappa shape index (κ2) is 6.75. The number of halogens is 2. The monoisotopic (exact) mass is 359 g/mol. The Balaban J connectivity index is 1.97. The molecule has 0 radical (unpaired) electrons. The van der Waals surface area contributed by atoms with E-state index in [1.54, 1.807) is 18.4 Å². The summed E-state index contributed by atoms with van der Waals surface area (Å²) >= 11 is 11.1. The lowest BCUT2D eigenvalue weighted by Crippen LogP contribution is -2.17. The summed E-state index contributed by atoms with van der Waals surface area (Å²) in [7, 11) is 1.67. The van der Waals surface area contributed by atoms with E-state index in [4.69, 9.17) is 16.3 Å². The Morgan fingerprint density at radius 1 is 1.37 bits per heavy atom. The number of ether oxygens (including phenoxy) is 1. The molecule has 0 fully saturated rings. The van der Waals surface area contributed by atoms with E-state index >= 15 is 0 Å². The van der Waals surface area contributed by atoms with Crippen LogP contribution in [0.5, 0.6) is 5.75 Å². The van der Waals surface area contributed by atoms with E-state index in [1.807, 2.05) is 12.1 Å². The summed E-state index contributed by atoms with van der Waals surface area (Å²) in [5, 5.41) is 3.48. The van der Waals surface area contributed by atoms with Crippen LogP contribution in [0.3, 0.4) is 0 Å². The summed E-state index contributed by atoms with van der Waals surface area (Å²) in [4.78, 5) is 1.25. The van der Waals surface area contributed by atoms with Gasteiger partial charge in [-0.3, -0.25) is 0 Å². The second-order valence-corrected chi connectivity index (χ2v) is 6.81. The zero-order chi connectivity index (χ0) is 13.8. The molecule has 1 aromatic heterocycles. The number of rotatable bonds is 5. The van der Waals surface area contributed by atoms with Crippen LogP contribution in [-0.2, 0) is 6.54 Å². The first-order valence-electron chi connectivity index (χ1n) is 5.91. The summed E-state index contributed by atoms with van der Waals surface area (Å²) < 4.78 is 7.02. The van der Waals surface area contributed by atoms with Crippen molar-refractivity contribution in [2.75, 3.05) is 7.11 Å². The van der Waals surface area contributed by atoms with Crippen molar-refractivity contribution >= 4 is 38.9 Å². The second-order valence-electron chi connectivity index (χ2n) is 4.21. The van der Waals surface area contributed by atoms with Crippen molar-refractivity contribution in [3.63, 3.8) is 0 Å². The third-order valence-corrected chi connectivity index (χ3v) is 4.88. The van der Waals surface area contributed by atoms with Gasteiger partial charge in [0.05, 0.1) is 15.9 Å². The fourth-order valence-corrected chi connectivity index (χ4v) is 3.43. The number of hydrogen-bond acceptors (Lipinski definition) is 3. The van der Waals surface area contributed by atoms with Crippen LogP contribution >= 0.6 is 38.9 Å². The lowest BCUT2D eigenvalue weighted by molar-refractivity contribution is 0.412. The Labute approximate surface area is 130 Å². The number of thiophene rings is 1. The molecule has 0 aliphatic carbocycles. The highest BCUT2D eigenvalue weighted by molar-refractivity contribution is 9.10. The molecular formula is C14H15BrClNOS. The van der Waals surface area contributed by atoms with Crippen molar-refractivity contribution in [2.45, 2.75) is 19.5 Å². The van der Waals surface area contributed by atoms with Gasteiger partial charge in [0.15, 0.2) is 0 Å². The molecule has 0 spiro atoms. The zero-order valence-electron chi connectivity index (χ0n) is 10.7. The normalized spacial score (nSPS) is 12.4. The maximum atomic E-state index is 5.95. The molecule has 0 aliphatic heterocycles. The van der Waals surface area contributed by atoms with Crippen LogP contribution in [0, 0.1) is 0 Å². The Bertz CT molecular complexity index is 558. The number of nitrogens with one attached hydrogen (secondary N) is 1. The van der Waals surface area contributed by atoms with Crippen LogP contribution in [0.4, 0.5) is 0 Å². The molecule has 2 aromatic rings. The van der Waals surface area contributed by atoms with Gasteiger partial charge in [0.1, 0.15) is 5.75 Å². The van der Waals surface area contributed by atoms with Gasteiger partial charge in [-0.05, 0) is 52.7 Å². The van der Waals surface area contributed by atoms with E-state index < -0.39 is 0 Å². The molecule has 102 valence electrons. The molecule has 0 amide bonds. The Hall–Kier alpha value is -0.550. The van der Waals surface area contributed by atoms with E-state index in [0.717, 1.165) is 21.1 Å². The molecule has 1 N–H and O–H groups in total. The van der Waals surface area contributed by atoms with E-state index in [0.29, 0.717) is 6.04 Å². The minimum atomic E-state index is 0.290. The van der Waals surface area contributed by atoms with Gasteiger partial charge < -0.3 is 10.1 Å². The van der Waals surface area contributed by atoms with Crippen LogP contribution in [0.25, 0.3) is 0 Å². The van der Waals surface area contributed by atoms with Crippen LogP contribution in [0.1, 0.15) is 23.4 Å². The summed E-state index contributed by atoms with van der Waals surface area (Å²) in [6, 6.07) is 10.4. The molecule has 0 saturated carbocycles. The van der Waals surface area contributed by atoms with Gasteiger partial charge in [0.2, 0.25) is 0 Å². The molecule has 1 atom stereocenters. The molecule has 1 aromatic carbocycles. The number of benzene rings is 1. The van der Waals surface area contributed by atoms with Crippen molar-refractivity contribution in [3.8, 4) is 5.75 Å². The maximum Gasteiger partial charge on any atom is 0.133 e. The Morgan fingerprint density at radius 2 is 2.16 bits per heavy atom. The molecule has 0 aliphatic rings. The van der Waals surface area contributed by atoms with E-state index in [9.17, 15) is 0 Å². The fourth-order valence-electron chi connectivity index (χ4n) is 1.75. The molecule has 1 unspecified atom stereocenters. The third kappa shape index (κ3) is 3.96. The predicted molar refractivity (Wildman–Crippen MR) is 85.3 cm³/mol. The first-order valence-corrected chi connectivity index (χ1v) is 7.90. The molecule has 0 bridgehead atoms. The highest BCUT2D eigenvalue weighted by Crippen LogP contribution is 2.28. The minimum Gasteiger partial charge on any atom is -0.496 e. The van der Waals surface area contributed by atoms with Gasteiger partial charge in [-0.2, -0.15) is 0 Å². The van der Waals surface area contributed by atoms with E-state index in [2.05, 4.69) is 46.4 Å². The SMILES string of the molecule is COc1ccc(CNC(C)c2ccc(Cl)s2)cc1Br. The largest absolute Gasteiger partial charge is 0.496 e. The first kappa shape index (κ1) is 14.9. The predicted octanol–water partition coefficient (Wildman–Crippen LogP) is 5.02. The topological polar surface area (TPSA) is 21.3 Å². The molecule has 1 heterocycles. The van der Waals surface area contributed by atoms with Crippen molar-refractivity contribution in [1.82, 2.24) is 5.32 Å². The van der Waals surface area contributed by atoms with Crippen molar-refractivity contribution in [3.05, 3.63) is 49.6 Å². The summed E-state index contributed by atoms with van der Waals surface area (Å²) in [6.07, 6.45) is 0. The fraction of sp³-hybridized carbons (Fsp3) is 0.286. The van der Waals surface area contributed by atoms with E-state index in [-0.39, 0.29) is 0 Å². The molecule has 2 nitrogen and oxygen atoms in total. The van der Waals surface area contributed by atoms with Crippen LogP contribution in [0.2, 0.25) is 4.34 Å². The van der Waals surface area contributed by atoms with Gasteiger partial charge in [-0.25, -0.2) is 0 Å². The van der Waals surface area contributed by atoms with Crippen LogP contribution < -0.4 is 10.1 Å². The maximum absolute atomic E-state index is 5.95. The first-order chi connectivity index (χ1) is 9.10. The molecular weight excluding hydrogens is 346 g/mol. The Kier molecular flexibility index (Phi) is 5.28. The highest BCUT2D eigenvalue weighted by Gasteiger charge is 2.08. The lowest BCUT2D eigenvalue weighted by atomic mass is 10.2. The molecule has 0 saturated heterocycles. The number of hydrogen-bond donors (Lipinski definition) is 1. The average molecular weight is 361 g/mol. The third-order valence-electron chi connectivity index (χ3n) is 2.85. The molecule has 19 heavy (non-hydrogen) atoms. The Morgan fingerprint density at radius 3 is 2.74 bits per heavy atom. The minimum absolute atomic E-state index is 0.290. The van der Waals surface area contributed by atoms with Crippen molar-refractivity contribution in [1.29, 1.82) is 0 Å². The summed E-state index contributed by atoms with van der Waals surface area (Å²) in [6.45, 7) is 2.94. The van der Waals surface area contributed by atoms with Gasteiger partial charge in [0, 0.05) is 17.5 Å². The van der Waals surface area contributed by atoms with Crippen molar-refractivity contribution < 1.29 is 4.74 Å². The molecule has 2 rings (SSSR count). The van der Waals surface area contributed by atoms with Gasteiger partial charge in [0.25, 0.3) is 0 Å². The standard InChI is InChI=1S/C14H15BrClNOS/c1-9(13-5-6-14(16)19-13)17-8-10-3-4-12(18-2)11(15)7-10/h3-7,9,17H,8H2,1-2H3. The molecule has 5 heteroatoms. The van der Waals surface area contributed by atoms with Crippen molar-refractivity contribution in [2.24, 2.45) is 0 Å². The summed E-state index contributed by atoms with van der Waals surface area (Å²) in [5.74, 6) is 0.849. The van der Waals surface area contributed by atoms with E-state index in [1.165, 1.54) is 10.4 Å². The summed E-state index contributed by atoms with van der Waals surface area (Å²) in [5.41, 5.74) is 1.21. The quantitative estimate of drug-likeness (QED) is 0.808. The van der Waals surface area contributed by atoms with Gasteiger partial charge >= 0.3 is 0 Å². The highest BCUT2D eigenvalue weighted by atomic mass is 79.9. The number of methoxy groups -OCH3 is 1. The average Bonchev–Trinajstić information content (AvgIpc) is 2.83. The zero-order valence-corrected chi connectivity index (χ0v) is 13.9. The van der Waals surface area contributed by atoms with Crippen LogP contribution in [-0.4, -0.2) is 7.11 Å². The van der Waals surface area contributed by atoms with Gasteiger partial charge in [-0.15, -0.1) is 11.3 Å².